The number of anilines is 2. The monoisotopic (exact) mass is 391 g/mol. The molecule has 29 heavy (non-hydrogen) atoms. The maximum Gasteiger partial charge on any atom is 0.274 e. The fraction of sp³-hybridized carbons (Fsp3) is 0.429. The van der Waals surface area contributed by atoms with Gasteiger partial charge in [0, 0.05) is 56.0 Å². The predicted octanol–water partition coefficient (Wildman–Crippen LogP) is 2.22. The Morgan fingerprint density at radius 2 is 1.76 bits per heavy atom. The van der Waals surface area contributed by atoms with E-state index in [0.717, 1.165) is 54.3 Å². The second-order valence-electron chi connectivity index (χ2n) is 7.81. The van der Waals surface area contributed by atoms with Crippen LogP contribution in [0.4, 0.5) is 11.5 Å². The van der Waals surface area contributed by atoms with E-state index in [0.29, 0.717) is 18.8 Å². The molecule has 1 aromatic carbocycles. The topological polar surface area (TPSA) is 81.2 Å². The smallest absolute Gasteiger partial charge is 0.274 e. The average molecular weight is 391 g/mol. The van der Waals surface area contributed by atoms with Gasteiger partial charge in [0.25, 0.3) is 5.91 Å². The average Bonchev–Trinajstić information content (AvgIpc) is 3.44. The molecule has 0 unspecified atom stereocenters. The Bertz CT molecular complexity index is 1030. The van der Waals surface area contributed by atoms with Crippen molar-refractivity contribution in [2.75, 3.05) is 49.1 Å². The number of rotatable bonds is 3. The minimum absolute atomic E-state index is 0.00256. The number of hydrogen-bond donors (Lipinski definition) is 1. The van der Waals surface area contributed by atoms with Crippen LogP contribution in [0.3, 0.4) is 0 Å². The van der Waals surface area contributed by atoms with Gasteiger partial charge in [-0.3, -0.25) is 9.89 Å². The van der Waals surface area contributed by atoms with Gasteiger partial charge in [0.2, 0.25) is 0 Å². The quantitative estimate of drug-likeness (QED) is 0.737. The molecular formula is C21H25N7O. The Balaban J connectivity index is 1.34. The van der Waals surface area contributed by atoms with Gasteiger partial charge in [-0.05, 0) is 44.0 Å². The van der Waals surface area contributed by atoms with Gasteiger partial charge >= 0.3 is 0 Å². The Labute approximate surface area is 169 Å². The molecule has 150 valence electrons. The molecule has 2 aliphatic heterocycles. The number of fused-ring (bicyclic) bond motifs is 1. The highest BCUT2D eigenvalue weighted by atomic mass is 16.2. The first kappa shape index (κ1) is 17.9. The summed E-state index contributed by atoms with van der Waals surface area (Å²) < 4.78 is 0. The van der Waals surface area contributed by atoms with Crippen molar-refractivity contribution >= 4 is 28.3 Å². The summed E-state index contributed by atoms with van der Waals surface area (Å²) in [6, 6.07) is 8.21. The Morgan fingerprint density at radius 3 is 2.48 bits per heavy atom. The molecule has 1 N–H and O–H groups in total. The minimum atomic E-state index is -0.00256. The van der Waals surface area contributed by atoms with Gasteiger partial charge in [-0.2, -0.15) is 5.10 Å². The number of H-pyrrole nitrogens is 1. The highest BCUT2D eigenvalue weighted by molar-refractivity contribution is 5.93. The standard InChI is InChI=1S/C21H25N7O/c1-15-12-19(25-24-15)21(29)28-10-8-26(9-11-28)16-4-5-18-17(13-16)20(23-14-22-18)27-6-2-3-7-27/h4-5,12-14H,2-3,6-11H2,1H3,(H,24,25). The molecule has 0 aliphatic carbocycles. The maximum atomic E-state index is 12.6. The molecule has 3 aromatic rings. The number of hydrogen-bond acceptors (Lipinski definition) is 6. The van der Waals surface area contributed by atoms with E-state index in [9.17, 15) is 4.79 Å². The molecule has 0 bridgehead atoms. The van der Waals surface area contributed by atoms with Crippen LogP contribution in [0.15, 0.2) is 30.6 Å². The third kappa shape index (κ3) is 3.39. The molecule has 1 amide bonds. The van der Waals surface area contributed by atoms with Gasteiger partial charge in [0.05, 0.1) is 5.52 Å². The second-order valence-corrected chi connectivity index (χ2v) is 7.81. The van der Waals surface area contributed by atoms with Gasteiger partial charge in [-0.15, -0.1) is 0 Å². The third-order valence-corrected chi connectivity index (χ3v) is 5.86. The summed E-state index contributed by atoms with van der Waals surface area (Å²) in [4.78, 5) is 28.2. The first-order chi connectivity index (χ1) is 14.2. The predicted molar refractivity (Wildman–Crippen MR) is 112 cm³/mol. The van der Waals surface area contributed by atoms with Gasteiger partial charge in [0.1, 0.15) is 17.8 Å². The van der Waals surface area contributed by atoms with Gasteiger partial charge in [-0.1, -0.05) is 0 Å². The lowest BCUT2D eigenvalue weighted by Gasteiger charge is -2.36. The number of carbonyl (C=O) groups excluding carboxylic acids is 1. The Morgan fingerprint density at radius 1 is 0.966 bits per heavy atom. The summed E-state index contributed by atoms with van der Waals surface area (Å²) in [7, 11) is 0. The fourth-order valence-corrected chi connectivity index (χ4v) is 4.27. The molecule has 4 heterocycles. The first-order valence-corrected chi connectivity index (χ1v) is 10.2. The molecule has 8 heteroatoms. The summed E-state index contributed by atoms with van der Waals surface area (Å²) in [6.45, 7) is 7.00. The van der Waals surface area contributed by atoms with Crippen LogP contribution < -0.4 is 9.80 Å². The van der Waals surface area contributed by atoms with E-state index in [2.05, 4.69) is 48.2 Å². The lowest BCUT2D eigenvalue weighted by Crippen LogP contribution is -2.48. The molecule has 2 aliphatic rings. The van der Waals surface area contributed by atoms with E-state index < -0.39 is 0 Å². The zero-order valence-electron chi connectivity index (χ0n) is 16.6. The van der Waals surface area contributed by atoms with E-state index in [4.69, 9.17) is 0 Å². The molecule has 0 saturated carbocycles. The van der Waals surface area contributed by atoms with Crippen LogP contribution in [-0.2, 0) is 0 Å². The highest BCUT2D eigenvalue weighted by Crippen LogP contribution is 2.30. The molecule has 2 aromatic heterocycles. The first-order valence-electron chi connectivity index (χ1n) is 10.2. The number of piperazine rings is 1. The van der Waals surface area contributed by atoms with Crippen LogP contribution in [0.2, 0.25) is 0 Å². The normalized spacial score (nSPS) is 17.3. The van der Waals surface area contributed by atoms with Crippen molar-refractivity contribution < 1.29 is 4.79 Å². The summed E-state index contributed by atoms with van der Waals surface area (Å²) in [5.74, 6) is 1.04. The number of nitrogens with zero attached hydrogens (tertiary/aromatic N) is 6. The largest absolute Gasteiger partial charge is 0.368 e. The summed E-state index contributed by atoms with van der Waals surface area (Å²) in [6.07, 6.45) is 4.10. The van der Waals surface area contributed by atoms with Crippen LogP contribution in [0.25, 0.3) is 10.9 Å². The van der Waals surface area contributed by atoms with Gasteiger partial charge in [-0.25, -0.2) is 9.97 Å². The molecule has 2 fully saturated rings. The molecule has 0 spiro atoms. The van der Waals surface area contributed by atoms with E-state index in [1.54, 1.807) is 12.4 Å². The lowest BCUT2D eigenvalue weighted by molar-refractivity contribution is 0.0741. The number of benzene rings is 1. The van der Waals surface area contributed by atoms with Crippen LogP contribution in [0, 0.1) is 6.92 Å². The van der Waals surface area contributed by atoms with E-state index in [-0.39, 0.29) is 5.91 Å². The second kappa shape index (κ2) is 7.35. The molecule has 5 rings (SSSR count). The highest BCUT2D eigenvalue weighted by Gasteiger charge is 2.24. The summed E-state index contributed by atoms with van der Waals surface area (Å²) in [5, 5.41) is 8.05. The summed E-state index contributed by atoms with van der Waals surface area (Å²) in [5.41, 5.74) is 3.54. The molecule has 2 saturated heterocycles. The van der Waals surface area contributed by atoms with E-state index >= 15 is 0 Å². The third-order valence-electron chi connectivity index (χ3n) is 5.86. The number of aryl methyl sites for hydroxylation is 1. The maximum absolute atomic E-state index is 12.6. The van der Waals surface area contributed by atoms with Crippen molar-refractivity contribution in [1.29, 1.82) is 0 Å². The molecule has 8 nitrogen and oxygen atoms in total. The number of nitrogens with one attached hydrogen (secondary N) is 1. The van der Waals surface area contributed by atoms with Gasteiger partial charge < -0.3 is 14.7 Å². The minimum Gasteiger partial charge on any atom is -0.368 e. The number of carbonyl (C=O) groups is 1. The van der Waals surface area contributed by atoms with Crippen LogP contribution in [-0.4, -0.2) is 70.2 Å². The van der Waals surface area contributed by atoms with Crippen molar-refractivity contribution in [2.24, 2.45) is 0 Å². The number of amides is 1. The molecular weight excluding hydrogens is 366 g/mol. The fourth-order valence-electron chi connectivity index (χ4n) is 4.27. The van der Waals surface area contributed by atoms with Crippen molar-refractivity contribution in [1.82, 2.24) is 25.1 Å². The molecule has 0 radical (unpaired) electrons. The van der Waals surface area contributed by atoms with Crippen LogP contribution >= 0.6 is 0 Å². The SMILES string of the molecule is Cc1cc(C(=O)N2CCN(c3ccc4ncnc(N5CCCC5)c4c3)CC2)n[nH]1. The zero-order valence-corrected chi connectivity index (χ0v) is 16.6. The van der Waals surface area contributed by atoms with Crippen molar-refractivity contribution in [3.8, 4) is 0 Å². The van der Waals surface area contributed by atoms with E-state index in [1.165, 1.54) is 12.8 Å². The van der Waals surface area contributed by atoms with Crippen LogP contribution in [0.5, 0.6) is 0 Å². The Hall–Kier alpha value is -3.16. The zero-order chi connectivity index (χ0) is 19.8. The number of aromatic amines is 1. The van der Waals surface area contributed by atoms with Gasteiger partial charge in [0.15, 0.2) is 0 Å². The van der Waals surface area contributed by atoms with Crippen LogP contribution in [0.1, 0.15) is 29.0 Å². The number of aromatic nitrogens is 4. The Kier molecular flexibility index (Phi) is 4.54. The van der Waals surface area contributed by atoms with E-state index in [1.807, 2.05) is 11.8 Å². The summed E-state index contributed by atoms with van der Waals surface area (Å²) >= 11 is 0. The molecule has 0 atom stereocenters. The van der Waals surface area contributed by atoms with Crippen molar-refractivity contribution in [3.05, 3.63) is 42.0 Å². The van der Waals surface area contributed by atoms with Crippen molar-refractivity contribution in [2.45, 2.75) is 19.8 Å². The lowest BCUT2D eigenvalue weighted by atomic mass is 10.1. The van der Waals surface area contributed by atoms with Crippen molar-refractivity contribution in [3.63, 3.8) is 0 Å².